The number of nitrogens with one attached hydrogen (secondary N) is 4. The summed E-state index contributed by atoms with van der Waals surface area (Å²) in [5.74, 6) is 0.121. The molecule has 2 aliphatic rings. The fourth-order valence-corrected chi connectivity index (χ4v) is 6.29. The van der Waals surface area contributed by atoms with Gasteiger partial charge < -0.3 is 25.4 Å². The van der Waals surface area contributed by atoms with Crippen LogP contribution in [0.4, 0.5) is 0 Å². The molecule has 1 spiro atoms. The average Bonchev–Trinajstić information content (AvgIpc) is 3.55. The highest BCUT2D eigenvalue weighted by Gasteiger charge is 2.52. The van der Waals surface area contributed by atoms with Crippen LogP contribution in [0.25, 0.3) is 44.3 Å². The van der Waals surface area contributed by atoms with E-state index >= 15 is 0 Å². The lowest BCUT2D eigenvalue weighted by molar-refractivity contribution is -0.674. The summed E-state index contributed by atoms with van der Waals surface area (Å²) in [6.45, 7) is 2.80. The molecular formula is C25H23BrN7O2+. The summed E-state index contributed by atoms with van der Waals surface area (Å²) >= 11 is 3.50. The van der Waals surface area contributed by atoms with Gasteiger partial charge >= 0.3 is 0 Å². The summed E-state index contributed by atoms with van der Waals surface area (Å²) < 4.78 is 0.951. The number of nitrogens with two attached hydrogens (primary N) is 2. The van der Waals surface area contributed by atoms with Crippen molar-refractivity contribution in [3.05, 3.63) is 68.8 Å². The minimum absolute atomic E-state index is 0.0450. The molecule has 5 aromatic rings. The zero-order valence-corrected chi connectivity index (χ0v) is 20.3. The van der Waals surface area contributed by atoms with Crippen molar-refractivity contribution in [2.24, 2.45) is 5.73 Å². The molecule has 3 atom stereocenters. The zero-order chi connectivity index (χ0) is 24.1. The second kappa shape index (κ2) is 7.05. The highest BCUT2D eigenvalue weighted by molar-refractivity contribution is 9.10. The number of nitrogens with zero attached hydrogens (tertiary/aromatic N) is 1. The number of phenols is 1. The molecule has 10 heteroatoms. The molecule has 2 aromatic carbocycles. The molecule has 0 saturated carbocycles. The topological polar surface area (TPSA) is 152 Å². The van der Waals surface area contributed by atoms with Gasteiger partial charge in [-0.25, -0.2) is 10.3 Å². The summed E-state index contributed by atoms with van der Waals surface area (Å²) in [6, 6.07) is 9.57. The smallest absolute Gasteiger partial charge is 0.275 e. The third-order valence-corrected chi connectivity index (χ3v) is 8.17. The van der Waals surface area contributed by atoms with Gasteiger partial charge in [-0.2, -0.15) is 0 Å². The fraction of sp³-hybridized carbons (Fsp3) is 0.200. The molecule has 35 heavy (non-hydrogen) atoms. The molecule has 0 bridgehead atoms. The van der Waals surface area contributed by atoms with Crippen LogP contribution in [0.2, 0.25) is 0 Å². The van der Waals surface area contributed by atoms with Crippen molar-refractivity contribution in [2.75, 3.05) is 6.54 Å². The number of phenolic OH excluding ortho intramolecular Hbond substituents is 1. The minimum Gasteiger partial charge on any atom is -0.506 e. The molecular weight excluding hydrogens is 510 g/mol. The van der Waals surface area contributed by atoms with Crippen LogP contribution in [0.3, 0.4) is 0 Å². The number of halogens is 1. The number of hydrogen-bond acceptors (Lipinski definition) is 5. The molecule has 176 valence electrons. The van der Waals surface area contributed by atoms with Crippen molar-refractivity contribution in [3.8, 4) is 28.3 Å². The van der Waals surface area contributed by atoms with E-state index in [1.54, 1.807) is 6.07 Å². The number of rotatable bonds is 1. The van der Waals surface area contributed by atoms with Crippen LogP contribution in [-0.2, 0) is 5.54 Å². The first-order chi connectivity index (χ1) is 16.9. The molecule has 1 aliphatic heterocycles. The molecule has 1 aliphatic carbocycles. The minimum atomic E-state index is -0.626. The van der Waals surface area contributed by atoms with E-state index in [4.69, 9.17) is 10.7 Å². The predicted molar refractivity (Wildman–Crippen MR) is 137 cm³/mol. The molecule has 1 saturated heterocycles. The number of H-pyrrole nitrogens is 3. The number of aromatic hydroxyl groups is 1. The van der Waals surface area contributed by atoms with E-state index in [-0.39, 0.29) is 23.5 Å². The third-order valence-electron chi connectivity index (χ3n) is 7.67. The summed E-state index contributed by atoms with van der Waals surface area (Å²) in [7, 11) is 0. The zero-order valence-electron chi connectivity index (χ0n) is 18.7. The first-order valence-electron chi connectivity index (χ1n) is 11.5. The van der Waals surface area contributed by atoms with Gasteiger partial charge in [-0.05, 0) is 23.8 Å². The van der Waals surface area contributed by atoms with Crippen molar-refractivity contribution in [2.45, 2.75) is 24.7 Å². The van der Waals surface area contributed by atoms with Crippen molar-refractivity contribution in [1.29, 1.82) is 0 Å². The van der Waals surface area contributed by atoms with Gasteiger partial charge in [-0.1, -0.05) is 35.0 Å². The number of aromatic nitrogens is 4. The van der Waals surface area contributed by atoms with Crippen molar-refractivity contribution in [3.63, 3.8) is 0 Å². The molecule has 9 nitrogen and oxygen atoms in total. The Morgan fingerprint density at radius 2 is 2.03 bits per heavy atom. The number of quaternary nitrogens is 1. The van der Waals surface area contributed by atoms with Crippen LogP contribution in [0, 0.1) is 0 Å². The van der Waals surface area contributed by atoms with Crippen LogP contribution in [0.15, 0.2) is 52.0 Å². The van der Waals surface area contributed by atoms with Crippen LogP contribution in [0.5, 0.6) is 5.75 Å². The predicted octanol–water partition coefficient (Wildman–Crippen LogP) is 2.26. The van der Waals surface area contributed by atoms with Gasteiger partial charge in [0.1, 0.15) is 23.5 Å². The van der Waals surface area contributed by atoms with Gasteiger partial charge in [0.2, 0.25) is 0 Å². The van der Waals surface area contributed by atoms with Gasteiger partial charge in [0, 0.05) is 50.2 Å². The average molecular weight is 533 g/mol. The standard InChI is InChI=1S/C25H22BrN7O2/c1-10-12-4-5-17(34)21-18(12)15(8-29-21)19-22(25(10)9-30-24(27)33-25)31-20(23(35)32-19)14-7-28-16-6-11(26)2-3-13(14)16/h2-8,10,24,28-30,33-34H,9,27H2,1H3,(H,32,35)/p+1/t10-,24?,25-/m0/s1. The van der Waals surface area contributed by atoms with Crippen LogP contribution in [-0.4, -0.2) is 37.9 Å². The van der Waals surface area contributed by atoms with E-state index in [0.29, 0.717) is 23.4 Å². The lowest BCUT2D eigenvalue weighted by Gasteiger charge is -2.33. The molecule has 1 fully saturated rings. The van der Waals surface area contributed by atoms with Crippen molar-refractivity contribution < 1.29 is 10.4 Å². The number of benzene rings is 2. The van der Waals surface area contributed by atoms with Gasteiger partial charge in [-0.3, -0.25) is 10.5 Å². The Hall–Kier alpha value is -3.44. The summed E-state index contributed by atoms with van der Waals surface area (Å²) in [5, 5.41) is 18.0. The quantitative estimate of drug-likeness (QED) is 0.176. The maximum atomic E-state index is 13.5. The fourth-order valence-electron chi connectivity index (χ4n) is 5.93. The molecule has 1 unspecified atom stereocenters. The number of aromatic amines is 3. The maximum Gasteiger partial charge on any atom is 0.275 e. The van der Waals surface area contributed by atoms with Crippen LogP contribution >= 0.6 is 15.9 Å². The van der Waals surface area contributed by atoms with Crippen LogP contribution in [0.1, 0.15) is 24.1 Å². The highest BCUT2D eigenvalue weighted by Crippen LogP contribution is 2.49. The first kappa shape index (κ1) is 20.9. The van der Waals surface area contributed by atoms with E-state index in [9.17, 15) is 9.90 Å². The lowest BCUT2D eigenvalue weighted by atomic mass is 9.78. The molecule has 3 aromatic heterocycles. The van der Waals surface area contributed by atoms with Gasteiger partial charge in [0.15, 0.2) is 6.29 Å². The lowest BCUT2D eigenvalue weighted by Crippen LogP contribution is -2.91. The van der Waals surface area contributed by atoms with E-state index < -0.39 is 5.54 Å². The Labute approximate surface area is 207 Å². The second-order valence-corrected chi connectivity index (χ2v) is 10.4. The van der Waals surface area contributed by atoms with E-state index in [0.717, 1.165) is 43.1 Å². The van der Waals surface area contributed by atoms with Crippen LogP contribution < -0.4 is 21.9 Å². The molecule has 9 N–H and O–H groups in total. The maximum absolute atomic E-state index is 13.5. The monoisotopic (exact) mass is 532 g/mol. The van der Waals surface area contributed by atoms with Gasteiger partial charge in [0.25, 0.3) is 5.56 Å². The first-order valence-corrected chi connectivity index (χ1v) is 12.3. The summed E-state index contributed by atoms with van der Waals surface area (Å²) in [6.07, 6.45) is 3.35. The van der Waals surface area contributed by atoms with E-state index in [2.05, 4.69) is 48.4 Å². The second-order valence-electron chi connectivity index (χ2n) is 9.46. The Kier molecular flexibility index (Phi) is 4.21. The van der Waals surface area contributed by atoms with Crippen molar-refractivity contribution in [1.82, 2.24) is 25.3 Å². The highest BCUT2D eigenvalue weighted by atomic mass is 79.9. The van der Waals surface area contributed by atoms with Gasteiger partial charge in [-0.15, -0.1) is 0 Å². The normalized spacial score (nSPS) is 23.3. The van der Waals surface area contributed by atoms with E-state index in [1.807, 2.05) is 36.7 Å². The molecule has 7 rings (SSSR count). The SMILES string of the molecule is C[C@H]1c2ccc(O)c3[nH]cc(c23)-c2[nH]c(=O)c(-c3c[nH]c4cc(Br)ccc34)nc2[C@]12C[NH2+]C(N)N2. The summed E-state index contributed by atoms with van der Waals surface area (Å²) in [4.78, 5) is 28.2. The number of hydrogen-bond donors (Lipinski definition) is 7. The van der Waals surface area contributed by atoms with E-state index in [1.165, 1.54) is 0 Å². The Bertz CT molecular complexity index is 1740. The molecule has 0 amide bonds. The summed E-state index contributed by atoms with van der Waals surface area (Å²) in [5.41, 5.74) is 11.3. The molecule has 0 radical (unpaired) electrons. The Morgan fingerprint density at radius 1 is 1.20 bits per heavy atom. The third kappa shape index (κ3) is 2.73. The Balaban J connectivity index is 1.57. The van der Waals surface area contributed by atoms with Crippen molar-refractivity contribution >= 4 is 37.7 Å². The Morgan fingerprint density at radius 3 is 2.83 bits per heavy atom. The number of fused-ring (bicyclic) bond motifs is 4. The molecule has 4 heterocycles. The van der Waals surface area contributed by atoms with Gasteiger partial charge in [0.05, 0.1) is 16.9 Å². The largest absolute Gasteiger partial charge is 0.506 e.